The van der Waals surface area contributed by atoms with Gasteiger partial charge in [-0.15, -0.1) is 0 Å². The predicted octanol–water partition coefficient (Wildman–Crippen LogP) is 1.50. The van der Waals surface area contributed by atoms with Crippen LogP contribution in [0.25, 0.3) is 0 Å². The van der Waals surface area contributed by atoms with Crippen molar-refractivity contribution >= 4 is 15.9 Å². The summed E-state index contributed by atoms with van der Waals surface area (Å²) in [5.41, 5.74) is 0. The Morgan fingerprint density at radius 1 is 1.60 bits per heavy atom. The van der Waals surface area contributed by atoms with Crippen LogP contribution in [-0.2, 0) is 0 Å². The second-order valence-electron chi connectivity index (χ2n) is 2.18. The van der Waals surface area contributed by atoms with E-state index in [1.165, 1.54) is 0 Å². The summed E-state index contributed by atoms with van der Waals surface area (Å²) in [6.07, 6.45) is 10.1. The van der Waals surface area contributed by atoms with E-state index in [2.05, 4.69) is 32.2 Å². The Morgan fingerprint density at radius 2 is 2.50 bits per heavy atom. The first-order valence-corrected chi connectivity index (χ1v) is 4.03. The van der Waals surface area contributed by atoms with Gasteiger partial charge in [0, 0.05) is 12.4 Å². The average Bonchev–Trinajstić information content (AvgIpc) is 2.36. The molecule has 2 rings (SSSR count). The molecule has 0 aromatic rings. The molecule has 0 aliphatic carbocycles. The molecule has 1 unspecified atom stereocenters. The fourth-order valence-corrected chi connectivity index (χ4v) is 1.57. The molecule has 2 nitrogen and oxygen atoms in total. The zero-order chi connectivity index (χ0) is 6.97. The number of nitrogens with zero attached hydrogens (tertiary/aromatic N) is 1. The molecule has 10 heavy (non-hydrogen) atoms. The van der Waals surface area contributed by atoms with Gasteiger partial charge in [0.15, 0.2) is 0 Å². The summed E-state index contributed by atoms with van der Waals surface area (Å²) in [5, 5.41) is 3.11. The summed E-state index contributed by atoms with van der Waals surface area (Å²) in [6, 6.07) is 0. The fraction of sp³-hybridized carbons (Fsp3) is 0.143. The maximum atomic E-state index is 3.50. The number of alkyl halides is 1. The maximum absolute atomic E-state index is 3.50. The molecule has 0 amide bonds. The van der Waals surface area contributed by atoms with Crippen molar-refractivity contribution < 1.29 is 0 Å². The lowest BCUT2D eigenvalue weighted by Crippen LogP contribution is -2.25. The van der Waals surface area contributed by atoms with Gasteiger partial charge in [-0.2, -0.15) is 0 Å². The highest BCUT2D eigenvalue weighted by molar-refractivity contribution is 9.09. The molecule has 0 aromatic heterocycles. The fourth-order valence-electron chi connectivity index (χ4n) is 1.04. The summed E-state index contributed by atoms with van der Waals surface area (Å²) >= 11 is 3.50. The van der Waals surface area contributed by atoms with Gasteiger partial charge >= 0.3 is 0 Å². The summed E-state index contributed by atoms with van der Waals surface area (Å²) in [5.74, 6) is 1.13. The van der Waals surface area contributed by atoms with Gasteiger partial charge in [-0.05, 0) is 6.08 Å². The van der Waals surface area contributed by atoms with Crippen LogP contribution in [0.3, 0.4) is 0 Å². The Balaban J connectivity index is 2.31. The Labute approximate surface area is 68.0 Å². The number of hydrogen-bond donors (Lipinski definition) is 1. The van der Waals surface area contributed by atoms with E-state index in [1.807, 2.05) is 24.6 Å². The van der Waals surface area contributed by atoms with E-state index in [1.54, 1.807) is 0 Å². The summed E-state index contributed by atoms with van der Waals surface area (Å²) in [7, 11) is 0. The van der Waals surface area contributed by atoms with Gasteiger partial charge < -0.3 is 10.2 Å². The third-order valence-corrected chi connectivity index (χ3v) is 2.28. The summed E-state index contributed by atoms with van der Waals surface area (Å²) in [4.78, 5) is 2.42. The number of nitrogens with one attached hydrogen (secondary N) is 1. The van der Waals surface area contributed by atoms with Crippen LogP contribution < -0.4 is 5.32 Å². The lowest BCUT2D eigenvalue weighted by atomic mass is 10.3. The number of fused-ring (bicyclic) bond motifs is 1. The Bertz CT molecular complexity index is 230. The Hall–Kier alpha value is -0.700. The minimum Gasteiger partial charge on any atom is -0.347 e. The van der Waals surface area contributed by atoms with E-state index in [-0.39, 0.29) is 0 Å². The quantitative estimate of drug-likeness (QED) is 0.469. The summed E-state index contributed by atoms with van der Waals surface area (Å²) in [6.45, 7) is 0. The number of rotatable bonds is 0. The molecule has 0 bridgehead atoms. The minimum absolute atomic E-state index is 0.304. The molecule has 0 saturated carbocycles. The maximum Gasteiger partial charge on any atom is 0.111 e. The molecule has 1 N–H and O–H groups in total. The average molecular weight is 199 g/mol. The molecule has 0 radical (unpaired) electrons. The van der Waals surface area contributed by atoms with Crippen molar-refractivity contribution in [3.63, 3.8) is 0 Å². The molecular formula is C7H7BrN2. The molecule has 2 heterocycles. The first-order chi connectivity index (χ1) is 4.88. The van der Waals surface area contributed by atoms with Crippen molar-refractivity contribution in [1.82, 2.24) is 10.2 Å². The highest BCUT2D eigenvalue weighted by Crippen LogP contribution is 2.21. The van der Waals surface area contributed by atoms with E-state index in [9.17, 15) is 0 Å². The molecule has 3 heteroatoms. The Kier molecular flexibility index (Phi) is 1.31. The molecule has 0 aromatic carbocycles. The van der Waals surface area contributed by atoms with Crippen LogP contribution in [0.1, 0.15) is 0 Å². The van der Waals surface area contributed by atoms with E-state index in [4.69, 9.17) is 0 Å². The largest absolute Gasteiger partial charge is 0.347 e. The first-order valence-electron chi connectivity index (χ1n) is 3.12. The van der Waals surface area contributed by atoms with E-state index in [0.717, 1.165) is 5.82 Å². The van der Waals surface area contributed by atoms with Gasteiger partial charge in [0.25, 0.3) is 0 Å². The molecule has 0 fully saturated rings. The van der Waals surface area contributed by atoms with Gasteiger partial charge in [-0.1, -0.05) is 28.1 Å². The monoisotopic (exact) mass is 198 g/mol. The van der Waals surface area contributed by atoms with Crippen LogP contribution >= 0.6 is 15.9 Å². The van der Waals surface area contributed by atoms with Crippen molar-refractivity contribution in [2.75, 3.05) is 0 Å². The van der Waals surface area contributed by atoms with Gasteiger partial charge in [-0.3, -0.25) is 0 Å². The van der Waals surface area contributed by atoms with E-state index >= 15 is 0 Å². The van der Waals surface area contributed by atoms with Crippen molar-refractivity contribution in [1.29, 1.82) is 0 Å². The normalized spacial score (nSPS) is 27.9. The number of halogens is 1. The zero-order valence-corrected chi connectivity index (χ0v) is 6.88. The van der Waals surface area contributed by atoms with Gasteiger partial charge in [0.1, 0.15) is 10.8 Å². The van der Waals surface area contributed by atoms with E-state index in [0.29, 0.717) is 4.95 Å². The van der Waals surface area contributed by atoms with Crippen LogP contribution in [0.4, 0.5) is 0 Å². The molecule has 2 aliphatic heterocycles. The van der Waals surface area contributed by atoms with Crippen molar-refractivity contribution in [3.05, 3.63) is 36.4 Å². The second kappa shape index (κ2) is 2.16. The minimum atomic E-state index is 0.304. The van der Waals surface area contributed by atoms with E-state index < -0.39 is 0 Å². The molecule has 0 saturated heterocycles. The van der Waals surface area contributed by atoms with Crippen LogP contribution in [0, 0.1) is 0 Å². The molecular weight excluding hydrogens is 192 g/mol. The smallest absolute Gasteiger partial charge is 0.111 e. The van der Waals surface area contributed by atoms with Gasteiger partial charge in [-0.25, -0.2) is 0 Å². The second-order valence-corrected chi connectivity index (χ2v) is 3.11. The van der Waals surface area contributed by atoms with Crippen molar-refractivity contribution in [2.45, 2.75) is 4.95 Å². The molecule has 52 valence electrons. The first kappa shape index (κ1) is 6.04. The van der Waals surface area contributed by atoms with Crippen LogP contribution in [0.5, 0.6) is 0 Å². The van der Waals surface area contributed by atoms with Crippen LogP contribution in [0.15, 0.2) is 36.4 Å². The highest BCUT2D eigenvalue weighted by Gasteiger charge is 2.18. The van der Waals surface area contributed by atoms with Gasteiger partial charge in [0.2, 0.25) is 0 Å². The van der Waals surface area contributed by atoms with Crippen LogP contribution in [-0.4, -0.2) is 9.85 Å². The molecule has 1 atom stereocenters. The lowest BCUT2D eigenvalue weighted by Gasteiger charge is -2.23. The number of hydrogen-bond acceptors (Lipinski definition) is 2. The third-order valence-electron chi connectivity index (χ3n) is 1.53. The Morgan fingerprint density at radius 3 is 3.30 bits per heavy atom. The standard InChI is InChI=1S/C7H7BrN2/c8-6-2-1-3-7-9-4-5-10(6)7/h1-6,9H. The topological polar surface area (TPSA) is 15.3 Å². The van der Waals surface area contributed by atoms with Crippen molar-refractivity contribution in [2.24, 2.45) is 0 Å². The molecule has 0 spiro atoms. The SMILES string of the molecule is BrC1C=CC=C2NC=CN21. The highest BCUT2D eigenvalue weighted by atomic mass is 79.9. The third kappa shape index (κ3) is 0.778. The van der Waals surface area contributed by atoms with Crippen molar-refractivity contribution in [3.8, 4) is 0 Å². The zero-order valence-electron chi connectivity index (χ0n) is 5.29. The summed E-state index contributed by atoms with van der Waals surface area (Å²) < 4.78 is 0. The lowest BCUT2D eigenvalue weighted by molar-refractivity contribution is 0.488. The molecule has 2 aliphatic rings. The number of allylic oxidation sites excluding steroid dienone is 2. The van der Waals surface area contributed by atoms with Crippen LogP contribution in [0.2, 0.25) is 0 Å². The predicted molar refractivity (Wildman–Crippen MR) is 44.1 cm³/mol. The van der Waals surface area contributed by atoms with Gasteiger partial charge in [0.05, 0.1) is 0 Å².